The minimum Gasteiger partial charge on any atom is -0.474 e. The molecule has 1 aliphatic heterocycles. The van der Waals surface area contributed by atoms with Crippen molar-refractivity contribution in [1.29, 1.82) is 0 Å². The van der Waals surface area contributed by atoms with Gasteiger partial charge in [0.05, 0.1) is 23.2 Å². The van der Waals surface area contributed by atoms with Gasteiger partial charge in [-0.3, -0.25) is 9.78 Å². The first-order chi connectivity index (χ1) is 14.2. The second-order valence-electron chi connectivity index (χ2n) is 8.48. The molecule has 0 saturated carbocycles. The number of pyridine rings is 2. The van der Waals surface area contributed by atoms with E-state index in [-0.39, 0.29) is 11.7 Å². The van der Waals surface area contributed by atoms with Gasteiger partial charge in [-0.15, -0.1) is 0 Å². The minimum absolute atomic E-state index is 0.00718. The molecule has 1 fully saturated rings. The molecule has 0 aromatic carbocycles. The van der Waals surface area contributed by atoms with Crippen LogP contribution < -0.4 is 10.3 Å². The summed E-state index contributed by atoms with van der Waals surface area (Å²) < 4.78 is 7.68. The van der Waals surface area contributed by atoms with E-state index in [4.69, 9.17) is 4.74 Å². The topological polar surface area (TPSA) is 93.4 Å². The van der Waals surface area contributed by atoms with Crippen LogP contribution >= 0.6 is 0 Å². The van der Waals surface area contributed by atoms with Gasteiger partial charge in [-0.05, 0) is 51.9 Å². The van der Waals surface area contributed by atoms with Crippen molar-refractivity contribution in [3.05, 3.63) is 46.8 Å². The fraction of sp³-hybridized carbons (Fsp3) is 0.455. The molecule has 0 aliphatic carbocycles. The Morgan fingerprint density at radius 2 is 1.90 bits per heavy atom. The van der Waals surface area contributed by atoms with Gasteiger partial charge in [-0.1, -0.05) is 0 Å². The zero-order chi connectivity index (χ0) is 21.5. The van der Waals surface area contributed by atoms with Crippen LogP contribution in [0.25, 0.3) is 22.2 Å². The van der Waals surface area contributed by atoms with Gasteiger partial charge < -0.3 is 19.3 Å². The van der Waals surface area contributed by atoms with Crippen molar-refractivity contribution in [2.24, 2.45) is 7.05 Å². The molecule has 0 bridgehead atoms. The van der Waals surface area contributed by atoms with Crippen molar-refractivity contribution < 1.29 is 9.84 Å². The Balaban J connectivity index is 1.78. The highest BCUT2D eigenvalue weighted by Crippen LogP contribution is 2.29. The molecule has 158 valence electrons. The largest absolute Gasteiger partial charge is 0.474 e. The summed E-state index contributed by atoms with van der Waals surface area (Å²) in [6.07, 6.45) is 4.94. The van der Waals surface area contributed by atoms with Crippen molar-refractivity contribution in [2.45, 2.75) is 38.4 Å². The predicted molar refractivity (Wildman–Crippen MR) is 114 cm³/mol. The lowest BCUT2D eigenvalue weighted by atomic mass is 10.0. The molecule has 0 amide bonds. The summed E-state index contributed by atoms with van der Waals surface area (Å²) in [5.74, 6) is 0.317. The van der Waals surface area contributed by atoms with Crippen LogP contribution in [0.2, 0.25) is 0 Å². The smallest absolute Gasteiger partial charge is 0.266 e. The van der Waals surface area contributed by atoms with E-state index in [1.165, 1.54) is 10.9 Å². The molecule has 8 heteroatoms. The molecular formula is C22H27N5O3. The van der Waals surface area contributed by atoms with Crippen LogP contribution in [0.5, 0.6) is 5.88 Å². The van der Waals surface area contributed by atoms with Gasteiger partial charge in [0.2, 0.25) is 5.88 Å². The zero-order valence-corrected chi connectivity index (χ0v) is 17.8. The normalized spacial score (nSPS) is 16.2. The summed E-state index contributed by atoms with van der Waals surface area (Å²) in [6, 6.07) is 5.41. The van der Waals surface area contributed by atoms with Crippen molar-refractivity contribution in [1.82, 2.24) is 24.4 Å². The minimum atomic E-state index is -1.02. The summed E-state index contributed by atoms with van der Waals surface area (Å²) in [5.41, 5.74) is 1.30. The second-order valence-corrected chi connectivity index (χ2v) is 8.48. The summed E-state index contributed by atoms with van der Waals surface area (Å²) in [6.45, 7) is 5.27. The lowest BCUT2D eigenvalue weighted by molar-refractivity contribution is 0.0739. The molecule has 8 nitrogen and oxygen atoms in total. The van der Waals surface area contributed by atoms with E-state index >= 15 is 0 Å². The van der Waals surface area contributed by atoms with E-state index in [1.54, 1.807) is 39.2 Å². The number of ether oxygens (including phenoxy) is 1. The maximum atomic E-state index is 12.8. The maximum absolute atomic E-state index is 12.8. The highest BCUT2D eigenvalue weighted by molar-refractivity contribution is 5.86. The molecule has 1 N–H and O–H groups in total. The van der Waals surface area contributed by atoms with Crippen molar-refractivity contribution in [3.63, 3.8) is 0 Å². The van der Waals surface area contributed by atoms with E-state index in [9.17, 15) is 9.90 Å². The molecule has 3 aromatic heterocycles. The highest BCUT2D eigenvalue weighted by atomic mass is 16.5. The average molecular weight is 409 g/mol. The molecule has 0 unspecified atom stereocenters. The molecule has 1 aliphatic rings. The summed E-state index contributed by atoms with van der Waals surface area (Å²) in [4.78, 5) is 28.5. The fourth-order valence-electron chi connectivity index (χ4n) is 3.59. The van der Waals surface area contributed by atoms with Crippen LogP contribution in [0.4, 0.5) is 0 Å². The van der Waals surface area contributed by atoms with Crippen LogP contribution in [0.1, 0.15) is 32.4 Å². The molecule has 0 atom stereocenters. The van der Waals surface area contributed by atoms with Crippen LogP contribution in [0.15, 0.2) is 35.5 Å². The van der Waals surface area contributed by atoms with Crippen LogP contribution in [-0.2, 0) is 12.6 Å². The number of aryl methyl sites for hydroxylation is 1. The quantitative estimate of drug-likeness (QED) is 0.705. The number of piperidine rings is 1. The third kappa shape index (κ3) is 4.06. The average Bonchev–Trinajstić information content (AvgIpc) is 2.71. The lowest BCUT2D eigenvalue weighted by Gasteiger charge is -2.29. The third-order valence-electron chi connectivity index (χ3n) is 5.50. The Morgan fingerprint density at radius 1 is 1.17 bits per heavy atom. The number of aromatic nitrogens is 4. The lowest BCUT2D eigenvalue weighted by Crippen LogP contribution is -2.36. The SMILES string of the molecule is CN1CCC(Oc2nc(-c3ccc(C(C)(C)O)nc3)cc3ncn(C)c(=O)c23)CC1. The molecule has 3 aromatic rings. The van der Waals surface area contributed by atoms with E-state index in [2.05, 4.69) is 26.9 Å². The van der Waals surface area contributed by atoms with Gasteiger partial charge in [0.15, 0.2) is 0 Å². The Kier molecular flexibility index (Phi) is 5.29. The molecule has 4 rings (SSSR count). The van der Waals surface area contributed by atoms with E-state index < -0.39 is 5.60 Å². The summed E-state index contributed by atoms with van der Waals surface area (Å²) in [5, 5.41) is 10.5. The number of fused-ring (bicyclic) bond motifs is 1. The molecule has 0 spiro atoms. The summed E-state index contributed by atoms with van der Waals surface area (Å²) >= 11 is 0. The fourth-order valence-corrected chi connectivity index (χ4v) is 3.59. The van der Waals surface area contributed by atoms with E-state index in [0.29, 0.717) is 28.2 Å². The van der Waals surface area contributed by atoms with Crippen LogP contribution in [0.3, 0.4) is 0 Å². The first-order valence-corrected chi connectivity index (χ1v) is 10.1. The van der Waals surface area contributed by atoms with Gasteiger partial charge in [0.1, 0.15) is 17.1 Å². The molecule has 4 heterocycles. The monoisotopic (exact) mass is 409 g/mol. The number of hydrogen-bond donors (Lipinski definition) is 1. The molecule has 0 radical (unpaired) electrons. The Morgan fingerprint density at radius 3 is 2.53 bits per heavy atom. The number of rotatable bonds is 4. The number of likely N-dealkylation sites (tertiary alicyclic amines) is 1. The van der Waals surface area contributed by atoms with Crippen molar-refractivity contribution >= 4 is 10.9 Å². The number of hydrogen-bond acceptors (Lipinski definition) is 7. The highest BCUT2D eigenvalue weighted by Gasteiger charge is 2.22. The third-order valence-corrected chi connectivity index (χ3v) is 5.50. The number of aliphatic hydroxyl groups is 1. The van der Waals surface area contributed by atoms with Gasteiger partial charge in [-0.2, -0.15) is 0 Å². The van der Waals surface area contributed by atoms with Gasteiger partial charge in [0, 0.05) is 31.9 Å². The van der Waals surface area contributed by atoms with E-state index in [1.807, 2.05) is 6.07 Å². The molecular weight excluding hydrogens is 382 g/mol. The van der Waals surface area contributed by atoms with E-state index in [0.717, 1.165) is 31.5 Å². The first kappa shape index (κ1) is 20.4. The van der Waals surface area contributed by atoms with Gasteiger partial charge >= 0.3 is 0 Å². The van der Waals surface area contributed by atoms with Crippen molar-refractivity contribution in [2.75, 3.05) is 20.1 Å². The van der Waals surface area contributed by atoms with Gasteiger partial charge in [0.25, 0.3) is 5.56 Å². The predicted octanol–water partition coefficient (Wildman–Crippen LogP) is 2.09. The van der Waals surface area contributed by atoms with Crippen molar-refractivity contribution in [3.8, 4) is 17.1 Å². The summed E-state index contributed by atoms with van der Waals surface area (Å²) in [7, 11) is 3.76. The Bertz CT molecular complexity index is 1110. The standard InChI is InChI=1S/C22H27N5O3/c1-22(2,29)18-6-5-14(12-23-18)16-11-17-19(21(28)27(4)13-24-17)20(25-16)30-15-7-9-26(3)10-8-15/h5-6,11-13,15,29H,7-10H2,1-4H3. The second kappa shape index (κ2) is 7.77. The maximum Gasteiger partial charge on any atom is 0.266 e. The van der Waals surface area contributed by atoms with Crippen LogP contribution in [0, 0.1) is 0 Å². The number of nitrogens with zero attached hydrogens (tertiary/aromatic N) is 5. The van der Waals surface area contributed by atoms with Crippen LogP contribution in [-0.4, -0.2) is 55.8 Å². The van der Waals surface area contributed by atoms with Gasteiger partial charge in [-0.25, -0.2) is 9.97 Å². The zero-order valence-electron chi connectivity index (χ0n) is 17.8. The molecule has 1 saturated heterocycles. The Labute approximate surface area is 175 Å². The Hall–Kier alpha value is -2.84. The first-order valence-electron chi connectivity index (χ1n) is 10.1. The molecule has 30 heavy (non-hydrogen) atoms.